The number of hydrogen-bond donors (Lipinski definition) is 2. The monoisotopic (exact) mass is 420 g/mol. The molecule has 2 saturated carbocycles. The summed E-state index contributed by atoms with van der Waals surface area (Å²) >= 11 is 0. The van der Waals surface area contributed by atoms with Crippen molar-refractivity contribution in [2.45, 2.75) is 61.7 Å². The highest BCUT2D eigenvalue weighted by Crippen LogP contribution is 2.65. The van der Waals surface area contributed by atoms with Crippen LogP contribution in [0.3, 0.4) is 0 Å². The number of hydroxylamine groups is 3. The number of piperidine rings is 1. The van der Waals surface area contributed by atoms with Crippen LogP contribution in [0.15, 0.2) is 12.1 Å². The van der Waals surface area contributed by atoms with E-state index >= 15 is 0 Å². The van der Waals surface area contributed by atoms with Gasteiger partial charge in [0.15, 0.2) is 11.9 Å². The zero-order valence-electron chi connectivity index (χ0n) is 16.1. The number of amides is 1. The Bertz CT molecular complexity index is 949. The normalized spacial score (nSPS) is 41.2. The first-order chi connectivity index (χ1) is 13.3. The van der Waals surface area contributed by atoms with Crippen LogP contribution in [-0.4, -0.2) is 52.3 Å². The van der Waals surface area contributed by atoms with Gasteiger partial charge in [0.05, 0.1) is 24.1 Å². The predicted octanol–water partition coefficient (Wildman–Crippen LogP) is 1.35. The number of ether oxygens (including phenoxy) is 1. The van der Waals surface area contributed by atoms with Gasteiger partial charge in [0, 0.05) is 30.7 Å². The van der Waals surface area contributed by atoms with Crippen molar-refractivity contribution in [2.75, 3.05) is 13.1 Å². The Hall–Kier alpha value is -1.67. The molecule has 7 nitrogen and oxygen atoms in total. The Balaban J connectivity index is 0.00000181. The Morgan fingerprint density at radius 2 is 2.10 bits per heavy atom. The lowest BCUT2D eigenvalue weighted by atomic mass is 9.48. The van der Waals surface area contributed by atoms with Crippen LogP contribution < -0.4 is 10.5 Å². The highest BCUT2D eigenvalue weighted by Gasteiger charge is 2.76. The van der Waals surface area contributed by atoms with Gasteiger partial charge in [-0.2, -0.15) is 0 Å². The lowest BCUT2D eigenvalue weighted by Gasteiger charge is -2.67. The molecule has 2 unspecified atom stereocenters. The van der Waals surface area contributed by atoms with Gasteiger partial charge in [0.25, 0.3) is 5.91 Å². The van der Waals surface area contributed by atoms with Crippen molar-refractivity contribution in [3.8, 4) is 5.75 Å². The standard InChI is InChI=1S/C21H24N2O5.ClH/c22-19(25)13-4-3-12-9-15-21(26)6-5-14(24)18-20(21,16(12)17(13)28-18)7-8-23(15,27)10-11-1-2-11;/h3-4,11,15,18,26H,1-2,5-10H2,(H2,22,25);1H/t15-,18?,20+,21-,23?;/m1./s1. The van der Waals surface area contributed by atoms with Gasteiger partial charge in [0.1, 0.15) is 17.4 Å². The number of nitrogens with zero attached hydrogens (tertiary/aromatic N) is 1. The molecule has 1 aromatic carbocycles. The van der Waals surface area contributed by atoms with Crippen LogP contribution in [0.25, 0.3) is 0 Å². The summed E-state index contributed by atoms with van der Waals surface area (Å²) < 4.78 is 5.71. The number of likely N-dealkylation sites (tertiary alicyclic amines) is 1. The average Bonchev–Trinajstić information content (AvgIpc) is 3.37. The molecule has 3 aliphatic carbocycles. The molecule has 2 bridgehead atoms. The van der Waals surface area contributed by atoms with E-state index in [1.54, 1.807) is 6.07 Å². The highest BCUT2D eigenvalue weighted by atomic mass is 35.5. The zero-order valence-corrected chi connectivity index (χ0v) is 16.9. The largest absolute Gasteiger partial charge is 0.632 e. The Kier molecular flexibility index (Phi) is 3.81. The smallest absolute Gasteiger partial charge is 0.252 e. The molecule has 6 rings (SSSR count). The zero-order chi connectivity index (χ0) is 19.5. The van der Waals surface area contributed by atoms with Crippen molar-refractivity contribution < 1.29 is 24.1 Å². The number of benzene rings is 1. The third-order valence-electron chi connectivity index (χ3n) is 8.14. The second-order valence-electron chi connectivity index (χ2n) is 9.47. The first kappa shape index (κ1) is 19.3. The molecule has 8 heteroatoms. The third-order valence-corrected chi connectivity index (χ3v) is 8.14. The van der Waals surface area contributed by atoms with Crippen LogP contribution in [0.2, 0.25) is 0 Å². The third kappa shape index (κ3) is 2.14. The van der Waals surface area contributed by atoms with Crippen LogP contribution in [0.1, 0.15) is 53.6 Å². The van der Waals surface area contributed by atoms with Crippen LogP contribution in [-0.2, 0) is 16.6 Å². The van der Waals surface area contributed by atoms with Gasteiger partial charge in [-0.25, -0.2) is 0 Å². The topological polar surface area (TPSA) is 113 Å². The predicted molar refractivity (Wildman–Crippen MR) is 106 cm³/mol. The number of carbonyl (C=O) groups is 2. The number of primary amides is 1. The number of Topliss-reactive ketones (excluding diaryl/α,β-unsaturated/α-hetero) is 1. The maximum atomic E-state index is 13.9. The summed E-state index contributed by atoms with van der Waals surface area (Å²) in [5.74, 6) is 0.140. The molecule has 1 amide bonds. The van der Waals surface area contributed by atoms with Crippen LogP contribution in [0, 0.1) is 11.1 Å². The summed E-state index contributed by atoms with van der Waals surface area (Å²) in [4.78, 5) is 24.8. The Labute approximate surface area is 174 Å². The summed E-state index contributed by atoms with van der Waals surface area (Å²) in [5, 5.41) is 26.0. The minimum absolute atomic E-state index is 0. The van der Waals surface area contributed by atoms with Crippen molar-refractivity contribution >= 4 is 24.1 Å². The fourth-order valence-corrected chi connectivity index (χ4v) is 6.75. The Morgan fingerprint density at radius 1 is 1.34 bits per heavy atom. The van der Waals surface area contributed by atoms with Crippen molar-refractivity contribution in [1.82, 2.24) is 0 Å². The maximum absolute atomic E-state index is 13.9. The lowest BCUT2D eigenvalue weighted by Crippen LogP contribution is -2.80. The maximum Gasteiger partial charge on any atom is 0.252 e. The van der Waals surface area contributed by atoms with E-state index in [0.29, 0.717) is 37.6 Å². The molecule has 1 spiro atoms. The van der Waals surface area contributed by atoms with Crippen LogP contribution >= 0.6 is 12.4 Å². The minimum Gasteiger partial charge on any atom is -0.632 e. The molecule has 5 atom stereocenters. The Morgan fingerprint density at radius 3 is 2.79 bits per heavy atom. The number of quaternary nitrogens is 1. The van der Waals surface area contributed by atoms with Gasteiger partial charge in [-0.15, -0.1) is 12.4 Å². The van der Waals surface area contributed by atoms with Gasteiger partial charge in [-0.1, -0.05) is 6.07 Å². The van der Waals surface area contributed by atoms with E-state index in [2.05, 4.69) is 0 Å². The summed E-state index contributed by atoms with van der Waals surface area (Å²) in [6, 6.07) is 2.97. The molecule has 1 aromatic rings. The van der Waals surface area contributed by atoms with Crippen molar-refractivity contribution in [3.05, 3.63) is 34.0 Å². The summed E-state index contributed by atoms with van der Waals surface area (Å²) in [7, 11) is 0. The second kappa shape index (κ2) is 5.72. The highest BCUT2D eigenvalue weighted by molar-refractivity contribution is 5.98. The molecule has 29 heavy (non-hydrogen) atoms. The molecule has 0 aromatic heterocycles. The fraction of sp³-hybridized carbons (Fsp3) is 0.619. The van der Waals surface area contributed by atoms with Crippen molar-refractivity contribution in [3.63, 3.8) is 0 Å². The van der Waals surface area contributed by atoms with Gasteiger partial charge in [-0.05, 0) is 30.9 Å². The summed E-state index contributed by atoms with van der Waals surface area (Å²) in [5.41, 5.74) is 5.26. The van der Waals surface area contributed by atoms with Crippen LogP contribution in [0.4, 0.5) is 0 Å². The number of nitrogens with two attached hydrogens (primary N) is 1. The molecule has 3 N–H and O–H groups in total. The van der Waals surface area contributed by atoms with Gasteiger partial charge >= 0.3 is 0 Å². The second-order valence-corrected chi connectivity index (χ2v) is 9.47. The van der Waals surface area contributed by atoms with Crippen molar-refractivity contribution in [1.29, 1.82) is 0 Å². The van der Waals surface area contributed by atoms with E-state index in [-0.39, 0.29) is 41.2 Å². The van der Waals surface area contributed by atoms with E-state index in [0.717, 1.165) is 24.0 Å². The summed E-state index contributed by atoms with van der Waals surface area (Å²) in [6.45, 7) is 0.917. The van der Waals surface area contributed by atoms with Gasteiger partial charge < -0.3 is 25.4 Å². The first-order valence-corrected chi connectivity index (χ1v) is 10.3. The quantitative estimate of drug-likeness (QED) is 0.566. The number of halogens is 1. The number of rotatable bonds is 3. The number of hydrogen-bond acceptors (Lipinski definition) is 5. The van der Waals surface area contributed by atoms with Crippen molar-refractivity contribution in [2.24, 2.45) is 11.7 Å². The van der Waals surface area contributed by atoms with E-state index in [1.807, 2.05) is 6.07 Å². The lowest BCUT2D eigenvalue weighted by molar-refractivity contribution is -0.923. The molecular weight excluding hydrogens is 396 g/mol. The van der Waals surface area contributed by atoms with E-state index < -0.39 is 29.1 Å². The molecule has 156 valence electrons. The molecular formula is C21H25ClN2O5. The molecule has 5 aliphatic rings. The number of carbonyl (C=O) groups excluding carboxylic acids is 2. The van der Waals surface area contributed by atoms with Gasteiger partial charge in [0.2, 0.25) is 0 Å². The molecule has 2 aliphatic heterocycles. The molecule has 2 heterocycles. The van der Waals surface area contributed by atoms with Crippen LogP contribution in [0.5, 0.6) is 5.75 Å². The molecule has 1 saturated heterocycles. The van der Waals surface area contributed by atoms with E-state index in [9.17, 15) is 19.9 Å². The average molecular weight is 421 g/mol. The molecule has 3 fully saturated rings. The fourth-order valence-electron chi connectivity index (χ4n) is 6.75. The number of ketones is 1. The SMILES string of the molecule is Cl.NC(=O)c1ccc2c3c1OC1C(=O)CC[C@@]4(O)[C@@H](C2)[N+]([O-])(CC2CC2)CC[C@]314. The minimum atomic E-state index is -1.30. The molecule has 0 radical (unpaired) electrons. The number of aliphatic hydroxyl groups is 1. The van der Waals surface area contributed by atoms with E-state index in [1.165, 1.54) is 0 Å². The summed E-state index contributed by atoms with van der Waals surface area (Å²) in [6.07, 6.45) is 2.66. The van der Waals surface area contributed by atoms with E-state index in [4.69, 9.17) is 10.5 Å². The first-order valence-electron chi connectivity index (χ1n) is 10.3. The van der Waals surface area contributed by atoms with Gasteiger partial charge in [-0.3, -0.25) is 9.59 Å².